The van der Waals surface area contributed by atoms with E-state index in [-0.39, 0.29) is 10.9 Å². The minimum Gasteiger partial charge on any atom is -0.355 e. The summed E-state index contributed by atoms with van der Waals surface area (Å²) in [7, 11) is -3.53. The van der Waals surface area contributed by atoms with Gasteiger partial charge in [0.05, 0.1) is 0 Å². The molecule has 22 heavy (non-hydrogen) atoms. The first-order valence-electron chi connectivity index (χ1n) is 7.23. The van der Waals surface area contributed by atoms with Crippen LogP contribution in [0, 0.1) is 0 Å². The summed E-state index contributed by atoms with van der Waals surface area (Å²) in [5.41, 5.74) is 0. The lowest BCUT2D eigenvalue weighted by Crippen LogP contribution is -2.48. The molecule has 1 atom stereocenters. The summed E-state index contributed by atoms with van der Waals surface area (Å²) < 4.78 is 27.5. The lowest BCUT2D eigenvalue weighted by molar-refractivity contribution is 0.464. The van der Waals surface area contributed by atoms with Gasteiger partial charge in [0.15, 0.2) is 0 Å². The molecule has 2 aromatic rings. The van der Waals surface area contributed by atoms with Gasteiger partial charge in [0.25, 0.3) is 0 Å². The molecule has 0 unspecified atom stereocenters. The van der Waals surface area contributed by atoms with Crippen LogP contribution in [0.1, 0.15) is 12.8 Å². The maximum absolute atomic E-state index is 12.4. The van der Waals surface area contributed by atoms with E-state index < -0.39 is 10.0 Å². The Kier molecular flexibility index (Phi) is 4.35. The van der Waals surface area contributed by atoms with Gasteiger partial charge in [-0.3, -0.25) is 4.98 Å². The molecule has 116 valence electrons. The van der Waals surface area contributed by atoms with Crippen LogP contribution in [0.15, 0.2) is 53.8 Å². The standard InChI is InChI=1S/C15H18N4O2S/c20-22(21,14-6-3-8-16-11-14)18-13-5-4-10-19(12-13)15-7-1-2-9-17-15/h1-3,6-9,11,13,18H,4-5,10,12H2/t13-/m0/s1. The average Bonchev–Trinajstić information content (AvgIpc) is 2.56. The quantitative estimate of drug-likeness (QED) is 0.923. The van der Waals surface area contributed by atoms with Gasteiger partial charge in [-0.15, -0.1) is 0 Å². The van der Waals surface area contributed by atoms with Crippen LogP contribution in [0.5, 0.6) is 0 Å². The second kappa shape index (κ2) is 6.41. The molecule has 1 N–H and O–H groups in total. The molecule has 3 heterocycles. The summed E-state index contributed by atoms with van der Waals surface area (Å²) in [6.45, 7) is 1.51. The van der Waals surface area contributed by atoms with Gasteiger partial charge in [-0.05, 0) is 37.1 Å². The zero-order valence-corrected chi connectivity index (χ0v) is 12.9. The lowest BCUT2D eigenvalue weighted by Gasteiger charge is -2.33. The van der Waals surface area contributed by atoms with E-state index in [1.54, 1.807) is 24.5 Å². The average molecular weight is 318 g/mol. The van der Waals surface area contributed by atoms with Crippen molar-refractivity contribution in [2.75, 3.05) is 18.0 Å². The van der Waals surface area contributed by atoms with Crippen LogP contribution in [0.2, 0.25) is 0 Å². The van der Waals surface area contributed by atoms with E-state index in [1.807, 2.05) is 18.2 Å². The number of nitrogens with one attached hydrogen (secondary N) is 1. The number of sulfonamides is 1. The van der Waals surface area contributed by atoms with Crippen LogP contribution in [-0.2, 0) is 10.0 Å². The summed E-state index contributed by atoms with van der Waals surface area (Å²) in [6, 6.07) is 8.80. The van der Waals surface area contributed by atoms with Crippen molar-refractivity contribution in [1.82, 2.24) is 14.7 Å². The Bertz CT molecular complexity index is 707. The molecule has 0 aliphatic carbocycles. The predicted molar refractivity (Wildman–Crippen MR) is 84.0 cm³/mol. The number of piperidine rings is 1. The minimum atomic E-state index is -3.53. The minimum absolute atomic E-state index is 0.124. The highest BCUT2D eigenvalue weighted by atomic mass is 32.2. The monoisotopic (exact) mass is 318 g/mol. The van der Waals surface area contributed by atoms with Gasteiger partial charge in [-0.25, -0.2) is 18.1 Å². The lowest BCUT2D eigenvalue weighted by atomic mass is 10.1. The van der Waals surface area contributed by atoms with Crippen molar-refractivity contribution < 1.29 is 8.42 Å². The smallest absolute Gasteiger partial charge is 0.242 e. The molecule has 0 spiro atoms. The van der Waals surface area contributed by atoms with Crippen molar-refractivity contribution in [2.24, 2.45) is 0 Å². The maximum atomic E-state index is 12.4. The zero-order valence-electron chi connectivity index (χ0n) is 12.1. The van der Waals surface area contributed by atoms with Gasteiger partial charge in [0.2, 0.25) is 10.0 Å². The Labute approximate surface area is 130 Å². The van der Waals surface area contributed by atoms with Gasteiger partial charge >= 0.3 is 0 Å². The summed E-state index contributed by atoms with van der Waals surface area (Å²) in [5, 5.41) is 0. The first-order valence-corrected chi connectivity index (χ1v) is 8.72. The van der Waals surface area contributed by atoms with E-state index in [1.165, 1.54) is 6.20 Å². The summed E-state index contributed by atoms with van der Waals surface area (Å²) in [5.74, 6) is 0.882. The second-order valence-electron chi connectivity index (χ2n) is 5.28. The molecule has 0 aromatic carbocycles. The Morgan fingerprint density at radius 2 is 2.09 bits per heavy atom. The van der Waals surface area contributed by atoms with E-state index in [4.69, 9.17) is 0 Å². The summed E-state index contributed by atoms with van der Waals surface area (Å²) >= 11 is 0. The van der Waals surface area contributed by atoms with Crippen LogP contribution in [-0.4, -0.2) is 37.5 Å². The van der Waals surface area contributed by atoms with Crippen molar-refractivity contribution in [2.45, 2.75) is 23.8 Å². The number of pyridine rings is 2. The molecular formula is C15H18N4O2S. The number of hydrogen-bond donors (Lipinski definition) is 1. The number of aromatic nitrogens is 2. The molecule has 3 rings (SSSR count). The molecule has 0 radical (unpaired) electrons. The van der Waals surface area contributed by atoms with Crippen molar-refractivity contribution in [3.05, 3.63) is 48.9 Å². The largest absolute Gasteiger partial charge is 0.355 e. The number of nitrogens with zero attached hydrogens (tertiary/aromatic N) is 3. The van der Waals surface area contributed by atoms with Gasteiger partial charge in [0.1, 0.15) is 10.7 Å². The van der Waals surface area contributed by atoms with Crippen molar-refractivity contribution in [1.29, 1.82) is 0 Å². The second-order valence-corrected chi connectivity index (χ2v) is 7.00. The SMILES string of the molecule is O=S(=O)(N[C@H]1CCCN(c2ccccn2)C1)c1cccnc1. The van der Waals surface area contributed by atoms with Crippen LogP contribution in [0.4, 0.5) is 5.82 Å². The van der Waals surface area contributed by atoms with E-state index >= 15 is 0 Å². The van der Waals surface area contributed by atoms with Gasteiger partial charge in [-0.1, -0.05) is 6.07 Å². The third-order valence-electron chi connectivity index (χ3n) is 3.66. The van der Waals surface area contributed by atoms with E-state index in [2.05, 4.69) is 19.6 Å². The van der Waals surface area contributed by atoms with Gasteiger partial charge < -0.3 is 4.90 Å². The topological polar surface area (TPSA) is 75.2 Å². The Hall–Kier alpha value is -1.99. The Morgan fingerprint density at radius 1 is 1.18 bits per heavy atom. The van der Waals surface area contributed by atoms with Crippen molar-refractivity contribution in [3.8, 4) is 0 Å². The molecule has 0 saturated carbocycles. The van der Waals surface area contributed by atoms with Crippen LogP contribution in [0.3, 0.4) is 0 Å². The number of hydrogen-bond acceptors (Lipinski definition) is 5. The van der Waals surface area contributed by atoms with Crippen molar-refractivity contribution >= 4 is 15.8 Å². The highest BCUT2D eigenvalue weighted by Gasteiger charge is 2.25. The fourth-order valence-electron chi connectivity index (χ4n) is 2.62. The Morgan fingerprint density at radius 3 is 2.82 bits per heavy atom. The third kappa shape index (κ3) is 3.42. The molecule has 1 fully saturated rings. The molecular weight excluding hydrogens is 300 g/mol. The number of anilines is 1. The van der Waals surface area contributed by atoms with Crippen molar-refractivity contribution in [3.63, 3.8) is 0 Å². The first-order chi connectivity index (χ1) is 10.6. The summed E-state index contributed by atoms with van der Waals surface area (Å²) in [6.07, 6.45) is 6.42. The van der Waals surface area contributed by atoms with E-state index in [0.29, 0.717) is 6.54 Å². The van der Waals surface area contributed by atoms with Gasteiger partial charge in [-0.2, -0.15) is 0 Å². The van der Waals surface area contributed by atoms with Gasteiger partial charge in [0, 0.05) is 37.7 Å². The van der Waals surface area contributed by atoms with E-state index in [0.717, 1.165) is 25.2 Å². The van der Waals surface area contributed by atoms with Crippen LogP contribution < -0.4 is 9.62 Å². The Balaban J connectivity index is 1.71. The fourth-order valence-corrected chi connectivity index (χ4v) is 3.84. The first kappa shape index (κ1) is 14.9. The maximum Gasteiger partial charge on any atom is 0.242 e. The molecule has 0 bridgehead atoms. The zero-order chi connectivity index (χ0) is 15.4. The molecule has 6 nitrogen and oxygen atoms in total. The highest BCUT2D eigenvalue weighted by molar-refractivity contribution is 7.89. The normalized spacial score (nSPS) is 19.1. The molecule has 1 saturated heterocycles. The predicted octanol–water partition coefficient (Wildman–Crippen LogP) is 1.42. The van der Waals surface area contributed by atoms with E-state index in [9.17, 15) is 8.42 Å². The molecule has 1 aliphatic heterocycles. The number of rotatable bonds is 4. The highest BCUT2D eigenvalue weighted by Crippen LogP contribution is 2.18. The summed E-state index contributed by atoms with van der Waals surface area (Å²) in [4.78, 5) is 10.5. The molecule has 1 aliphatic rings. The fraction of sp³-hybridized carbons (Fsp3) is 0.333. The third-order valence-corrected chi connectivity index (χ3v) is 5.17. The molecule has 7 heteroatoms. The van der Waals surface area contributed by atoms with Crippen LogP contribution >= 0.6 is 0 Å². The molecule has 0 amide bonds. The molecule has 2 aromatic heterocycles. The van der Waals surface area contributed by atoms with Crippen LogP contribution in [0.25, 0.3) is 0 Å².